The topological polar surface area (TPSA) is 87.1 Å². The van der Waals surface area contributed by atoms with Gasteiger partial charge in [-0.3, -0.25) is 4.79 Å². The Hall–Kier alpha value is -1.66. The molecule has 2 N–H and O–H groups in total. The number of carboxylic acids is 1. The molecule has 1 heterocycles. The van der Waals surface area contributed by atoms with Gasteiger partial charge in [0.05, 0.1) is 25.2 Å². The Bertz CT molecular complexity index is 433. The third-order valence-corrected chi connectivity index (χ3v) is 3.67. The van der Waals surface area contributed by atoms with E-state index >= 15 is 0 Å². The van der Waals surface area contributed by atoms with Gasteiger partial charge in [0.2, 0.25) is 5.91 Å². The van der Waals surface area contributed by atoms with Crippen LogP contribution in [0.25, 0.3) is 0 Å². The normalized spacial score (nSPS) is 19.5. The van der Waals surface area contributed by atoms with Crippen molar-refractivity contribution >= 4 is 11.9 Å². The van der Waals surface area contributed by atoms with Gasteiger partial charge in [-0.05, 0) is 6.42 Å². The van der Waals surface area contributed by atoms with E-state index in [1.807, 2.05) is 6.08 Å². The molecule has 1 aliphatic heterocycles. The lowest BCUT2D eigenvalue weighted by Gasteiger charge is -2.38. The number of β-lactam (4-membered cyclic amide) rings is 1. The Balaban J connectivity index is 2.25. The maximum absolute atomic E-state index is 11.6. The van der Waals surface area contributed by atoms with Crippen LogP contribution in [0.2, 0.25) is 0 Å². The van der Waals surface area contributed by atoms with Crippen LogP contribution in [0.15, 0.2) is 24.3 Å². The first-order chi connectivity index (χ1) is 11.0. The highest BCUT2D eigenvalue weighted by molar-refractivity contribution is 5.84. The largest absolute Gasteiger partial charge is 0.480 e. The van der Waals surface area contributed by atoms with E-state index in [1.165, 1.54) is 0 Å². The number of ether oxygens (including phenoxy) is 1. The quantitative estimate of drug-likeness (QED) is 0.324. The summed E-state index contributed by atoms with van der Waals surface area (Å²) in [4.78, 5) is 23.6. The van der Waals surface area contributed by atoms with Crippen LogP contribution in [0.1, 0.15) is 39.0 Å². The fraction of sp³-hybridized carbons (Fsp3) is 0.647. The summed E-state index contributed by atoms with van der Waals surface area (Å²) in [7, 11) is 0. The van der Waals surface area contributed by atoms with E-state index in [4.69, 9.17) is 9.84 Å². The van der Waals surface area contributed by atoms with E-state index in [0.717, 1.165) is 25.7 Å². The molecule has 2 unspecified atom stereocenters. The van der Waals surface area contributed by atoms with Crippen LogP contribution in [0.5, 0.6) is 0 Å². The number of aliphatic carboxylic acids is 1. The molecular weight excluding hydrogens is 298 g/mol. The van der Waals surface area contributed by atoms with Crippen LogP contribution in [-0.4, -0.2) is 58.9 Å². The summed E-state index contributed by atoms with van der Waals surface area (Å²) in [5, 5.41) is 18.3. The van der Waals surface area contributed by atoms with Gasteiger partial charge in [-0.15, -0.1) is 0 Å². The minimum atomic E-state index is -1.00. The molecule has 2 atom stereocenters. The van der Waals surface area contributed by atoms with Crippen LogP contribution in [0.4, 0.5) is 0 Å². The molecule has 6 heteroatoms. The predicted octanol–water partition coefficient (Wildman–Crippen LogP) is 1.74. The third-order valence-electron chi connectivity index (χ3n) is 3.67. The van der Waals surface area contributed by atoms with Gasteiger partial charge >= 0.3 is 5.97 Å². The molecule has 130 valence electrons. The molecule has 0 aliphatic carbocycles. The Labute approximate surface area is 137 Å². The lowest BCUT2D eigenvalue weighted by Crippen LogP contribution is -2.51. The number of aliphatic hydroxyl groups is 1. The molecule has 23 heavy (non-hydrogen) atoms. The van der Waals surface area contributed by atoms with Crippen molar-refractivity contribution in [1.82, 2.24) is 4.90 Å². The molecule has 1 saturated heterocycles. The molecule has 0 aromatic heterocycles. The van der Waals surface area contributed by atoms with E-state index in [-0.39, 0.29) is 25.2 Å². The molecule has 1 aliphatic rings. The lowest BCUT2D eigenvalue weighted by molar-refractivity contribution is -0.142. The van der Waals surface area contributed by atoms with Gasteiger partial charge < -0.3 is 19.8 Å². The van der Waals surface area contributed by atoms with Crippen molar-refractivity contribution in [2.45, 2.75) is 51.2 Å². The number of nitrogens with zero attached hydrogens (tertiary/aromatic N) is 1. The first kappa shape index (κ1) is 19.4. The van der Waals surface area contributed by atoms with Crippen LogP contribution in [0.3, 0.4) is 0 Å². The number of unbranched alkanes of at least 4 members (excludes halogenated alkanes) is 2. The SMILES string of the molecule is CCCCCC(O)/C=C/C1CC(=O)N1C/C=C\COCC(=O)O. The maximum Gasteiger partial charge on any atom is 0.329 e. The van der Waals surface area contributed by atoms with E-state index < -0.39 is 12.1 Å². The fourth-order valence-electron chi connectivity index (χ4n) is 2.31. The van der Waals surface area contributed by atoms with E-state index in [0.29, 0.717) is 13.0 Å². The molecular formula is C17H27NO5. The van der Waals surface area contributed by atoms with Crippen LogP contribution in [0, 0.1) is 0 Å². The average molecular weight is 325 g/mol. The van der Waals surface area contributed by atoms with Crippen molar-refractivity contribution in [2.75, 3.05) is 19.8 Å². The monoisotopic (exact) mass is 325 g/mol. The molecule has 0 spiro atoms. The molecule has 0 saturated carbocycles. The summed E-state index contributed by atoms with van der Waals surface area (Å²) in [6.45, 7) is 2.48. The number of carboxylic acid groups (broad SMARTS) is 1. The molecule has 0 aromatic carbocycles. The zero-order chi connectivity index (χ0) is 17.1. The van der Waals surface area contributed by atoms with E-state index in [2.05, 4.69) is 6.92 Å². The first-order valence-electron chi connectivity index (χ1n) is 8.15. The van der Waals surface area contributed by atoms with Crippen LogP contribution >= 0.6 is 0 Å². The second-order valence-corrected chi connectivity index (χ2v) is 5.65. The highest BCUT2D eigenvalue weighted by Crippen LogP contribution is 2.20. The van der Waals surface area contributed by atoms with E-state index in [9.17, 15) is 14.7 Å². The Morgan fingerprint density at radius 1 is 1.43 bits per heavy atom. The van der Waals surface area contributed by atoms with Gasteiger partial charge in [0.25, 0.3) is 0 Å². The van der Waals surface area contributed by atoms with Crippen molar-refractivity contribution in [3.63, 3.8) is 0 Å². The number of carbonyl (C=O) groups is 2. The second kappa shape index (κ2) is 11.0. The lowest BCUT2D eigenvalue weighted by atomic mass is 10.00. The van der Waals surface area contributed by atoms with Gasteiger partial charge in [0.1, 0.15) is 6.61 Å². The zero-order valence-electron chi connectivity index (χ0n) is 13.7. The summed E-state index contributed by atoms with van der Waals surface area (Å²) in [6.07, 6.45) is 11.2. The fourth-order valence-corrected chi connectivity index (χ4v) is 2.31. The second-order valence-electron chi connectivity index (χ2n) is 5.65. The molecule has 1 amide bonds. The van der Waals surface area contributed by atoms with Gasteiger partial charge in [0, 0.05) is 6.54 Å². The summed E-state index contributed by atoms with van der Waals surface area (Å²) in [5.41, 5.74) is 0. The number of rotatable bonds is 12. The third kappa shape index (κ3) is 7.95. The molecule has 1 rings (SSSR count). The average Bonchev–Trinajstić information content (AvgIpc) is 2.50. The number of likely N-dealkylation sites (tertiary alicyclic amines) is 1. The van der Waals surface area contributed by atoms with Gasteiger partial charge in [-0.25, -0.2) is 4.79 Å². The first-order valence-corrected chi connectivity index (χ1v) is 8.15. The molecule has 6 nitrogen and oxygen atoms in total. The van der Waals surface area contributed by atoms with Crippen molar-refractivity contribution in [3.8, 4) is 0 Å². The zero-order valence-corrected chi connectivity index (χ0v) is 13.7. The Kier molecular flexibility index (Phi) is 9.24. The Morgan fingerprint density at radius 3 is 2.87 bits per heavy atom. The predicted molar refractivity (Wildman–Crippen MR) is 87.0 cm³/mol. The number of hydrogen-bond acceptors (Lipinski definition) is 4. The minimum absolute atomic E-state index is 0.0351. The van der Waals surface area contributed by atoms with Gasteiger partial charge in [-0.2, -0.15) is 0 Å². The summed E-state index contributed by atoms with van der Waals surface area (Å²) in [6, 6.07) is 0.0351. The van der Waals surface area contributed by atoms with E-state index in [1.54, 1.807) is 23.1 Å². The Morgan fingerprint density at radius 2 is 2.22 bits per heavy atom. The minimum Gasteiger partial charge on any atom is -0.480 e. The molecule has 0 radical (unpaired) electrons. The highest BCUT2D eigenvalue weighted by Gasteiger charge is 2.32. The van der Waals surface area contributed by atoms with Gasteiger partial charge in [-0.1, -0.05) is 50.5 Å². The number of carbonyl (C=O) groups excluding carboxylic acids is 1. The standard InChI is InChI=1S/C17H27NO5/c1-2-3-4-7-15(19)9-8-14-12-16(20)18(14)10-5-6-11-23-13-17(21)22/h5-6,8-9,14-15,19H,2-4,7,10-13H2,1H3,(H,21,22)/b6-5-,9-8+. The van der Waals surface area contributed by atoms with Crippen molar-refractivity contribution in [2.24, 2.45) is 0 Å². The molecule has 0 bridgehead atoms. The summed E-state index contributed by atoms with van der Waals surface area (Å²) in [5.74, 6) is -0.921. The number of amides is 1. The van der Waals surface area contributed by atoms with Crippen molar-refractivity contribution < 1.29 is 24.5 Å². The highest BCUT2D eigenvalue weighted by atomic mass is 16.5. The van der Waals surface area contributed by atoms with Crippen molar-refractivity contribution in [3.05, 3.63) is 24.3 Å². The number of aliphatic hydroxyl groups excluding tert-OH is 1. The van der Waals surface area contributed by atoms with Crippen LogP contribution < -0.4 is 0 Å². The molecule has 0 aromatic rings. The van der Waals surface area contributed by atoms with Gasteiger partial charge in [0.15, 0.2) is 0 Å². The molecule has 1 fully saturated rings. The number of hydrogen-bond donors (Lipinski definition) is 2. The summed E-state index contributed by atoms with van der Waals surface area (Å²) < 4.78 is 4.87. The summed E-state index contributed by atoms with van der Waals surface area (Å²) >= 11 is 0. The maximum atomic E-state index is 11.6. The smallest absolute Gasteiger partial charge is 0.329 e. The van der Waals surface area contributed by atoms with Crippen molar-refractivity contribution in [1.29, 1.82) is 0 Å². The van der Waals surface area contributed by atoms with Crippen LogP contribution in [-0.2, 0) is 14.3 Å².